The van der Waals surface area contributed by atoms with E-state index in [1.165, 1.54) is 11.0 Å². The quantitative estimate of drug-likeness (QED) is 0.848. The smallest absolute Gasteiger partial charge is 0.262 e. The van der Waals surface area contributed by atoms with E-state index < -0.39 is 5.54 Å². The second-order valence-electron chi connectivity index (χ2n) is 7.08. The van der Waals surface area contributed by atoms with Crippen molar-refractivity contribution in [1.82, 2.24) is 20.2 Å². The van der Waals surface area contributed by atoms with Gasteiger partial charge in [0.2, 0.25) is 0 Å². The fourth-order valence-electron chi connectivity index (χ4n) is 2.86. The molecule has 3 rings (SSSR count). The Morgan fingerprint density at radius 3 is 2.50 bits per heavy atom. The first-order valence-corrected chi connectivity index (χ1v) is 8.35. The van der Waals surface area contributed by atoms with Crippen LogP contribution in [0.3, 0.4) is 0 Å². The van der Waals surface area contributed by atoms with Crippen LogP contribution in [-0.2, 0) is 6.42 Å². The van der Waals surface area contributed by atoms with Crippen LogP contribution in [0.4, 0.5) is 0 Å². The Labute approximate surface area is 151 Å². The molecule has 0 bridgehead atoms. The molecule has 0 atom stereocenters. The van der Waals surface area contributed by atoms with E-state index in [0.717, 1.165) is 5.69 Å². The third-order valence-electron chi connectivity index (χ3n) is 4.10. The molecule has 0 unspecified atom stereocenters. The van der Waals surface area contributed by atoms with E-state index in [9.17, 15) is 14.4 Å². The van der Waals surface area contributed by atoms with Crippen molar-refractivity contribution in [2.75, 3.05) is 6.54 Å². The molecule has 1 aromatic heterocycles. The van der Waals surface area contributed by atoms with Gasteiger partial charge in [0.05, 0.1) is 16.8 Å². The Kier molecular flexibility index (Phi) is 4.54. The minimum atomic E-state index is -0.619. The van der Waals surface area contributed by atoms with E-state index in [2.05, 4.69) is 15.3 Å². The largest absolute Gasteiger partial charge is 0.352 e. The van der Waals surface area contributed by atoms with Crippen LogP contribution in [0.15, 0.2) is 36.8 Å². The molecular formula is C19H20N4O3. The molecule has 0 fully saturated rings. The van der Waals surface area contributed by atoms with Gasteiger partial charge in [-0.15, -0.1) is 0 Å². The number of aromatic nitrogens is 2. The molecule has 0 radical (unpaired) electrons. The number of hydrogen-bond donors (Lipinski definition) is 1. The molecule has 1 aliphatic rings. The van der Waals surface area contributed by atoms with Gasteiger partial charge in [0.1, 0.15) is 0 Å². The monoisotopic (exact) mass is 352 g/mol. The predicted octanol–water partition coefficient (Wildman–Crippen LogP) is 1.84. The Morgan fingerprint density at radius 1 is 1.12 bits per heavy atom. The first kappa shape index (κ1) is 17.7. The second kappa shape index (κ2) is 6.67. The first-order valence-electron chi connectivity index (χ1n) is 8.35. The van der Waals surface area contributed by atoms with Crippen molar-refractivity contribution in [3.8, 4) is 0 Å². The van der Waals surface area contributed by atoms with E-state index >= 15 is 0 Å². The number of imide groups is 1. The highest BCUT2D eigenvalue weighted by molar-refractivity contribution is 6.22. The highest BCUT2D eigenvalue weighted by Gasteiger charge is 2.42. The van der Waals surface area contributed by atoms with E-state index in [4.69, 9.17) is 0 Å². The minimum Gasteiger partial charge on any atom is -0.352 e. The summed E-state index contributed by atoms with van der Waals surface area (Å²) in [5.41, 5.74) is 1.11. The van der Waals surface area contributed by atoms with Crippen molar-refractivity contribution < 1.29 is 14.4 Å². The zero-order valence-electron chi connectivity index (χ0n) is 14.9. The number of benzene rings is 1. The fraction of sp³-hybridized carbons (Fsp3) is 0.316. The van der Waals surface area contributed by atoms with Crippen LogP contribution in [0.25, 0.3) is 0 Å². The first-order chi connectivity index (χ1) is 12.3. The summed E-state index contributed by atoms with van der Waals surface area (Å²) in [6, 6.07) is 4.59. The third-order valence-corrected chi connectivity index (χ3v) is 4.10. The lowest BCUT2D eigenvalue weighted by Gasteiger charge is -2.29. The molecule has 7 nitrogen and oxygen atoms in total. The number of fused-ring (bicyclic) bond motifs is 1. The molecule has 1 aliphatic heterocycles. The van der Waals surface area contributed by atoms with Crippen LogP contribution >= 0.6 is 0 Å². The fourth-order valence-corrected chi connectivity index (χ4v) is 2.86. The van der Waals surface area contributed by atoms with Crippen molar-refractivity contribution in [1.29, 1.82) is 0 Å². The molecule has 0 aliphatic carbocycles. The van der Waals surface area contributed by atoms with Gasteiger partial charge in [0.15, 0.2) is 0 Å². The maximum atomic E-state index is 12.6. The Morgan fingerprint density at radius 2 is 1.85 bits per heavy atom. The van der Waals surface area contributed by atoms with Crippen LogP contribution in [0.2, 0.25) is 0 Å². The normalized spacial score (nSPS) is 13.7. The zero-order chi connectivity index (χ0) is 18.9. The zero-order valence-corrected chi connectivity index (χ0v) is 14.9. The molecule has 1 aromatic carbocycles. The summed E-state index contributed by atoms with van der Waals surface area (Å²) in [7, 11) is 0. The summed E-state index contributed by atoms with van der Waals surface area (Å²) in [5, 5.41) is 2.79. The summed E-state index contributed by atoms with van der Waals surface area (Å²) in [6.07, 6.45) is 5.39. The Balaban J connectivity index is 1.72. The van der Waals surface area contributed by atoms with Gasteiger partial charge in [-0.25, -0.2) is 0 Å². The van der Waals surface area contributed by atoms with Gasteiger partial charge in [-0.3, -0.25) is 29.3 Å². The maximum Gasteiger partial charge on any atom is 0.262 e. The molecule has 134 valence electrons. The molecule has 1 N–H and O–H groups in total. The summed E-state index contributed by atoms with van der Waals surface area (Å²) in [6.45, 7) is 5.80. The summed E-state index contributed by atoms with van der Waals surface area (Å²) in [4.78, 5) is 46.7. The maximum absolute atomic E-state index is 12.6. The molecule has 26 heavy (non-hydrogen) atoms. The van der Waals surface area contributed by atoms with Crippen LogP contribution in [0.5, 0.6) is 0 Å². The van der Waals surface area contributed by atoms with Gasteiger partial charge in [0.25, 0.3) is 17.7 Å². The molecule has 7 heteroatoms. The topological polar surface area (TPSA) is 92.3 Å². The summed E-state index contributed by atoms with van der Waals surface area (Å²) < 4.78 is 0. The van der Waals surface area contributed by atoms with Gasteiger partial charge in [-0.05, 0) is 39.0 Å². The van der Waals surface area contributed by atoms with E-state index in [1.54, 1.807) is 51.5 Å². The van der Waals surface area contributed by atoms with Crippen molar-refractivity contribution >= 4 is 17.7 Å². The van der Waals surface area contributed by atoms with Gasteiger partial charge < -0.3 is 5.32 Å². The standard InChI is InChI=1S/C19H20N4O3/c1-19(2,3)23-17(25)14-5-4-12(10-15(14)18(23)26)16(24)22-7-6-13-11-20-8-9-21-13/h4-5,8-11H,6-7H2,1-3H3,(H,22,24). The third kappa shape index (κ3) is 3.33. The predicted molar refractivity (Wildman–Crippen MR) is 94.8 cm³/mol. The van der Waals surface area contributed by atoms with E-state index in [-0.39, 0.29) is 23.3 Å². The second-order valence-corrected chi connectivity index (χ2v) is 7.08. The lowest BCUT2D eigenvalue weighted by Crippen LogP contribution is -2.45. The lowest BCUT2D eigenvalue weighted by atomic mass is 10.1. The number of carbonyl (C=O) groups is 3. The summed E-state index contributed by atoms with van der Waals surface area (Å²) in [5.74, 6) is -0.995. The van der Waals surface area contributed by atoms with Crippen molar-refractivity contribution in [2.45, 2.75) is 32.7 Å². The average molecular weight is 352 g/mol. The number of amides is 3. The van der Waals surface area contributed by atoms with E-state index in [0.29, 0.717) is 24.1 Å². The number of hydrogen-bond acceptors (Lipinski definition) is 5. The van der Waals surface area contributed by atoms with Crippen LogP contribution in [0.1, 0.15) is 57.5 Å². The molecule has 0 spiro atoms. The molecule has 2 heterocycles. The minimum absolute atomic E-state index is 0.270. The number of nitrogens with zero attached hydrogens (tertiary/aromatic N) is 3. The molecule has 2 aromatic rings. The highest BCUT2D eigenvalue weighted by Crippen LogP contribution is 2.29. The van der Waals surface area contributed by atoms with Crippen molar-refractivity contribution in [3.63, 3.8) is 0 Å². The highest BCUT2D eigenvalue weighted by atomic mass is 16.2. The van der Waals surface area contributed by atoms with Crippen LogP contribution in [-0.4, -0.2) is 44.7 Å². The SMILES string of the molecule is CC(C)(C)N1C(=O)c2ccc(C(=O)NCCc3cnccn3)cc2C1=O. The molecule has 0 saturated carbocycles. The summed E-state index contributed by atoms with van der Waals surface area (Å²) >= 11 is 0. The van der Waals surface area contributed by atoms with Crippen molar-refractivity contribution in [2.24, 2.45) is 0 Å². The van der Waals surface area contributed by atoms with E-state index in [1.807, 2.05) is 0 Å². The number of nitrogens with one attached hydrogen (secondary N) is 1. The molecule has 3 amide bonds. The number of carbonyl (C=O) groups excluding carboxylic acids is 3. The Bertz CT molecular complexity index is 872. The molecule has 0 saturated heterocycles. The molecular weight excluding hydrogens is 332 g/mol. The average Bonchev–Trinajstić information content (AvgIpc) is 2.86. The van der Waals surface area contributed by atoms with Gasteiger partial charge >= 0.3 is 0 Å². The van der Waals surface area contributed by atoms with Crippen LogP contribution in [0, 0.1) is 0 Å². The number of rotatable bonds is 4. The van der Waals surface area contributed by atoms with Gasteiger partial charge in [-0.1, -0.05) is 0 Å². The van der Waals surface area contributed by atoms with Gasteiger partial charge in [-0.2, -0.15) is 0 Å². The van der Waals surface area contributed by atoms with Gasteiger partial charge in [0, 0.05) is 42.7 Å². The Hall–Kier alpha value is -3.09. The lowest BCUT2D eigenvalue weighted by molar-refractivity contribution is 0.0507. The van der Waals surface area contributed by atoms with Crippen molar-refractivity contribution in [3.05, 3.63) is 59.2 Å². The van der Waals surface area contributed by atoms with Crippen LogP contribution < -0.4 is 5.32 Å².